The quantitative estimate of drug-likeness (QED) is 0.148. The number of hydrogen-bond acceptors (Lipinski definition) is 6. The summed E-state index contributed by atoms with van der Waals surface area (Å²) in [6.07, 6.45) is -0.0831. The zero-order valence-electron chi connectivity index (χ0n) is 25.3. The number of benzene rings is 4. The number of rotatable bonds is 14. The number of carboxylic acid groups (broad SMARTS) is 1. The van der Waals surface area contributed by atoms with Crippen molar-refractivity contribution >= 4 is 17.6 Å². The van der Waals surface area contributed by atoms with E-state index in [1.165, 1.54) is 11.1 Å². The minimum absolute atomic E-state index is 0.0249. The van der Waals surface area contributed by atoms with E-state index in [1.807, 2.05) is 54.6 Å². The number of hydrogen-bond donors (Lipinski definition) is 3. The first-order chi connectivity index (χ1) is 21.9. The Balaban J connectivity index is 1.36. The van der Waals surface area contributed by atoms with E-state index >= 15 is 0 Å². The third-order valence-corrected chi connectivity index (χ3v) is 7.81. The van der Waals surface area contributed by atoms with Crippen molar-refractivity contribution in [2.24, 2.45) is 0 Å². The molecular weight excluding hydrogens is 568 g/mol. The number of carbonyl (C=O) groups excluding carboxylic acids is 1. The Labute approximate surface area is 264 Å². The van der Waals surface area contributed by atoms with Crippen LogP contribution in [0.5, 0.6) is 0 Å². The smallest absolute Gasteiger partial charge is 0.303 e. The van der Waals surface area contributed by atoms with Crippen LogP contribution in [-0.2, 0) is 38.8 Å². The highest BCUT2D eigenvalue weighted by atomic mass is 16.7. The van der Waals surface area contributed by atoms with Gasteiger partial charge in [-0.25, -0.2) is 0 Å². The highest BCUT2D eigenvalue weighted by Crippen LogP contribution is 2.39. The van der Waals surface area contributed by atoms with Crippen molar-refractivity contribution in [3.05, 3.63) is 137 Å². The summed E-state index contributed by atoms with van der Waals surface area (Å²) in [7, 11) is 0. The lowest BCUT2D eigenvalue weighted by Crippen LogP contribution is -2.39. The molecule has 8 heteroatoms. The SMILES string of the molecule is O=C(O)CCCC(=O)Nc1cccc([C@H]2O[C@@H](CN(Cc3ccccc3)Cc3ccccc3)C[C@@H](c3ccc(CO)cc3)O2)c1. The number of nitrogens with one attached hydrogen (secondary N) is 1. The van der Waals surface area contributed by atoms with E-state index < -0.39 is 12.3 Å². The number of nitrogens with zero attached hydrogens (tertiary/aromatic N) is 1. The van der Waals surface area contributed by atoms with Crippen LogP contribution < -0.4 is 5.32 Å². The Kier molecular flexibility index (Phi) is 11.5. The Morgan fingerprint density at radius 1 is 0.756 bits per heavy atom. The summed E-state index contributed by atoms with van der Waals surface area (Å²) < 4.78 is 13.2. The van der Waals surface area contributed by atoms with Crippen LogP contribution in [-0.4, -0.2) is 39.6 Å². The molecule has 3 N–H and O–H groups in total. The fourth-order valence-corrected chi connectivity index (χ4v) is 5.58. The molecule has 5 rings (SSSR count). The maximum absolute atomic E-state index is 12.5. The van der Waals surface area contributed by atoms with E-state index in [4.69, 9.17) is 14.6 Å². The summed E-state index contributed by atoms with van der Waals surface area (Å²) in [5.74, 6) is -1.16. The second kappa shape index (κ2) is 16.1. The van der Waals surface area contributed by atoms with Gasteiger partial charge in [0.1, 0.15) is 0 Å². The van der Waals surface area contributed by atoms with Crippen LogP contribution in [0.2, 0.25) is 0 Å². The topological polar surface area (TPSA) is 108 Å². The average Bonchev–Trinajstić information content (AvgIpc) is 3.05. The molecule has 0 saturated carbocycles. The fraction of sp³-hybridized carbons (Fsp3) is 0.297. The summed E-state index contributed by atoms with van der Waals surface area (Å²) in [4.78, 5) is 25.7. The maximum atomic E-state index is 12.5. The number of aliphatic hydroxyl groups is 1. The van der Waals surface area contributed by atoms with Gasteiger partial charge in [-0.05, 0) is 40.8 Å². The van der Waals surface area contributed by atoms with Gasteiger partial charge in [0, 0.05) is 50.1 Å². The molecule has 1 amide bonds. The lowest BCUT2D eigenvalue weighted by Gasteiger charge is -2.38. The number of ether oxygens (including phenoxy) is 2. The standard InChI is InChI=1S/C37H40N2O6/c40-26-29-17-19-30(20-18-29)34-22-33(25-39(23-27-9-3-1-4-10-27)24-28-11-5-2-6-12-28)44-37(45-34)31-13-7-14-32(21-31)38-35(41)15-8-16-36(42)43/h1-7,9-14,17-21,33-34,37,40H,8,15-16,22-26H2,(H,38,41)(H,42,43)/t33-,34+,37+/m1/s1. The molecular formula is C37H40N2O6. The molecule has 0 radical (unpaired) electrons. The van der Waals surface area contributed by atoms with Crippen LogP contribution in [0.25, 0.3) is 0 Å². The number of carboxylic acids is 1. The Morgan fingerprint density at radius 3 is 2.04 bits per heavy atom. The van der Waals surface area contributed by atoms with Gasteiger partial charge in [0.25, 0.3) is 0 Å². The molecule has 1 aliphatic heterocycles. The third-order valence-electron chi connectivity index (χ3n) is 7.81. The predicted molar refractivity (Wildman–Crippen MR) is 172 cm³/mol. The minimum atomic E-state index is -0.919. The van der Waals surface area contributed by atoms with Gasteiger partial charge in [0.05, 0.1) is 18.8 Å². The zero-order valence-corrected chi connectivity index (χ0v) is 25.3. The molecule has 4 aromatic rings. The van der Waals surface area contributed by atoms with Gasteiger partial charge in [-0.3, -0.25) is 14.5 Å². The predicted octanol–water partition coefficient (Wildman–Crippen LogP) is 6.62. The molecule has 8 nitrogen and oxygen atoms in total. The van der Waals surface area contributed by atoms with Gasteiger partial charge in [0.2, 0.25) is 5.91 Å². The van der Waals surface area contributed by atoms with Crippen molar-refractivity contribution in [2.75, 3.05) is 11.9 Å². The van der Waals surface area contributed by atoms with Gasteiger partial charge in [-0.1, -0.05) is 97.1 Å². The van der Waals surface area contributed by atoms with Crippen LogP contribution in [0.15, 0.2) is 109 Å². The molecule has 1 aliphatic rings. The van der Waals surface area contributed by atoms with Crippen LogP contribution in [0.3, 0.4) is 0 Å². The highest BCUT2D eigenvalue weighted by Gasteiger charge is 2.33. The first-order valence-corrected chi connectivity index (χ1v) is 15.4. The first kappa shape index (κ1) is 32.1. The average molecular weight is 609 g/mol. The van der Waals surface area contributed by atoms with E-state index in [9.17, 15) is 14.7 Å². The Bertz CT molecular complexity index is 1470. The molecule has 0 aliphatic carbocycles. The second-order valence-corrected chi connectivity index (χ2v) is 11.4. The van der Waals surface area contributed by atoms with Crippen LogP contribution in [0.1, 0.15) is 65.9 Å². The van der Waals surface area contributed by atoms with E-state index in [2.05, 4.69) is 58.7 Å². The third kappa shape index (κ3) is 9.83. The van der Waals surface area contributed by atoms with Crippen LogP contribution in [0.4, 0.5) is 5.69 Å². The molecule has 45 heavy (non-hydrogen) atoms. The van der Waals surface area contributed by atoms with Crippen LogP contribution >= 0.6 is 0 Å². The lowest BCUT2D eigenvalue weighted by molar-refractivity contribution is -0.253. The number of anilines is 1. The molecule has 1 saturated heterocycles. The Morgan fingerprint density at radius 2 is 1.42 bits per heavy atom. The van der Waals surface area contributed by atoms with Gasteiger partial charge < -0.3 is 25.0 Å². The number of amides is 1. The van der Waals surface area contributed by atoms with Gasteiger partial charge >= 0.3 is 5.97 Å². The summed E-state index contributed by atoms with van der Waals surface area (Å²) in [6, 6.07) is 36.1. The van der Waals surface area contributed by atoms with E-state index in [-0.39, 0.29) is 44.0 Å². The number of aliphatic hydroxyl groups excluding tert-OH is 1. The summed E-state index contributed by atoms with van der Waals surface area (Å²) in [5, 5.41) is 21.3. The minimum Gasteiger partial charge on any atom is -0.481 e. The molecule has 1 fully saturated rings. The molecule has 3 atom stereocenters. The number of carbonyl (C=O) groups is 2. The normalized spacial score (nSPS) is 18.0. The van der Waals surface area contributed by atoms with E-state index in [0.717, 1.165) is 29.8 Å². The van der Waals surface area contributed by atoms with Crippen molar-refractivity contribution in [1.29, 1.82) is 0 Å². The molecule has 0 spiro atoms. The molecule has 0 bridgehead atoms. The molecule has 0 unspecified atom stereocenters. The second-order valence-electron chi connectivity index (χ2n) is 11.4. The first-order valence-electron chi connectivity index (χ1n) is 15.4. The van der Waals surface area contributed by atoms with E-state index in [1.54, 1.807) is 6.07 Å². The van der Waals surface area contributed by atoms with Crippen molar-refractivity contribution in [1.82, 2.24) is 4.90 Å². The lowest BCUT2D eigenvalue weighted by atomic mass is 9.99. The largest absolute Gasteiger partial charge is 0.481 e. The molecule has 1 heterocycles. The molecule has 0 aromatic heterocycles. The summed E-state index contributed by atoms with van der Waals surface area (Å²) in [6.45, 7) is 2.18. The van der Waals surface area contributed by atoms with Gasteiger partial charge in [0.15, 0.2) is 6.29 Å². The van der Waals surface area contributed by atoms with Crippen molar-refractivity contribution < 1.29 is 29.3 Å². The van der Waals surface area contributed by atoms with Crippen molar-refractivity contribution in [2.45, 2.75) is 63.9 Å². The Hall–Kier alpha value is -4.34. The molecule has 234 valence electrons. The zero-order chi connectivity index (χ0) is 31.4. The number of aliphatic carboxylic acids is 1. The highest BCUT2D eigenvalue weighted by molar-refractivity contribution is 5.90. The fourth-order valence-electron chi connectivity index (χ4n) is 5.58. The van der Waals surface area contributed by atoms with Crippen molar-refractivity contribution in [3.63, 3.8) is 0 Å². The van der Waals surface area contributed by atoms with E-state index in [0.29, 0.717) is 18.7 Å². The molecule has 4 aromatic carbocycles. The van der Waals surface area contributed by atoms with Gasteiger partial charge in [-0.15, -0.1) is 0 Å². The van der Waals surface area contributed by atoms with Gasteiger partial charge in [-0.2, -0.15) is 0 Å². The van der Waals surface area contributed by atoms with Crippen LogP contribution in [0, 0.1) is 0 Å². The maximum Gasteiger partial charge on any atom is 0.303 e. The van der Waals surface area contributed by atoms with Crippen molar-refractivity contribution in [3.8, 4) is 0 Å². The summed E-state index contributed by atoms with van der Waals surface area (Å²) >= 11 is 0. The summed E-state index contributed by atoms with van der Waals surface area (Å²) in [5.41, 5.74) is 5.66. The monoisotopic (exact) mass is 608 g/mol.